The van der Waals surface area contributed by atoms with Gasteiger partial charge in [0.2, 0.25) is 0 Å². The molecule has 112 valence electrons. The Balaban J connectivity index is 2.31. The lowest BCUT2D eigenvalue weighted by molar-refractivity contribution is 0.624. The molecule has 0 fully saturated rings. The van der Waals surface area contributed by atoms with Crippen LogP contribution in [-0.2, 0) is 0 Å². The predicted octanol–water partition coefficient (Wildman–Crippen LogP) is 5.08. The second-order valence-electron chi connectivity index (χ2n) is 5.02. The quantitative estimate of drug-likeness (QED) is 0.730. The van der Waals surface area contributed by atoms with Crippen LogP contribution in [0.15, 0.2) is 39.3 Å². The summed E-state index contributed by atoms with van der Waals surface area (Å²) in [6, 6.07) is 8.71. The molecule has 0 heterocycles. The summed E-state index contributed by atoms with van der Waals surface area (Å²) in [6.07, 6.45) is 0. The van der Waals surface area contributed by atoms with E-state index in [2.05, 4.69) is 49.3 Å². The van der Waals surface area contributed by atoms with Gasteiger partial charge in [-0.2, -0.15) is 0 Å². The lowest BCUT2D eigenvalue weighted by Gasteiger charge is -2.21. The fraction of sp³-hybridized carbons (Fsp3) is 0.250. The van der Waals surface area contributed by atoms with Crippen LogP contribution in [0.4, 0.5) is 10.1 Å². The molecule has 1 atom stereocenters. The standard InChI is InChI=1S/C16H17Br2FN2/c1-9-5-12(6-10(2)16(9)18)21-15(8-20)13-4-3-11(19)7-14(13)17/h3-7,15,21H,8,20H2,1-2H3. The van der Waals surface area contributed by atoms with E-state index in [1.54, 1.807) is 6.07 Å². The Morgan fingerprint density at radius 1 is 1.14 bits per heavy atom. The van der Waals surface area contributed by atoms with Crippen LogP contribution in [0, 0.1) is 19.7 Å². The second-order valence-corrected chi connectivity index (χ2v) is 6.67. The van der Waals surface area contributed by atoms with Gasteiger partial charge in [-0.25, -0.2) is 4.39 Å². The molecular formula is C16H17Br2FN2. The summed E-state index contributed by atoms with van der Waals surface area (Å²) in [7, 11) is 0. The molecule has 0 saturated carbocycles. The topological polar surface area (TPSA) is 38.0 Å². The highest BCUT2D eigenvalue weighted by atomic mass is 79.9. The first-order valence-electron chi connectivity index (χ1n) is 6.60. The van der Waals surface area contributed by atoms with Gasteiger partial charge in [-0.3, -0.25) is 0 Å². The highest BCUT2D eigenvalue weighted by molar-refractivity contribution is 9.10. The van der Waals surface area contributed by atoms with Crippen molar-refractivity contribution in [2.75, 3.05) is 11.9 Å². The molecule has 2 nitrogen and oxygen atoms in total. The van der Waals surface area contributed by atoms with Gasteiger partial charge in [0.15, 0.2) is 0 Å². The van der Waals surface area contributed by atoms with Gasteiger partial charge in [0.25, 0.3) is 0 Å². The molecule has 2 aromatic carbocycles. The minimum Gasteiger partial charge on any atom is -0.377 e. The molecule has 1 unspecified atom stereocenters. The fourth-order valence-electron chi connectivity index (χ4n) is 2.28. The van der Waals surface area contributed by atoms with Crippen LogP contribution in [0.1, 0.15) is 22.7 Å². The van der Waals surface area contributed by atoms with Gasteiger partial charge in [-0.05, 0) is 54.8 Å². The normalized spacial score (nSPS) is 12.3. The maximum atomic E-state index is 13.2. The number of hydrogen-bond acceptors (Lipinski definition) is 2. The average Bonchev–Trinajstić information content (AvgIpc) is 2.42. The summed E-state index contributed by atoms with van der Waals surface area (Å²) < 4.78 is 15.0. The van der Waals surface area contributed by atoms with Crippen LogP contribution in [-0.4, -0.2) is 6.54 Å². The van der Waals surface area contributed by atoms with Crippen molar-refractivity contribution in [2.45, 2.75) is 19.9 Å². The van der Waals surface area contributed by atoms with E-state index in [0.717, 1.165) is 31.3 Å². The lowest BCUT2D eigenvalue weighted by Crippen LogP contribution is -2.21. The van der Waals surface area contributed by atoms with Crippen molar-refractivity contribution in [2.24, 2.45) is 5.73 Å². The first-order chi connectivity index (χ1) is 9.92. The number of hydrogen-bond donors (Lipinski definition) is 2. The van der Waals surface area contributed by atoms with Gasteiger partial charge in [0.1, 0.15) is 5.82 Å². The molecule has 2 rings (SSSR count). The van der Waals surface area contributed by atoms with E-state index in [-0.39, 0.29) is 11.9 Å². The molecule has 0 aliphatic carbocycles. The Labute approximate surface area is 141 Å². The second kappa shape index (κ2) is 6.90. The fourth-order valence-corrected chi connectivity index (χ4v) is 3.13. The van der Waals surface area contributed by atoms with Gasteiger partial charge in [0.05, 0.1) is 6.04 Å². The van der Waals surface area contributed by atoms with Crippen LogP contribution in [0.3, 0.4) is 0 Å². The van der Waals surface area contributed by atoms with E-state index in [1.807, 2.05) is 13.8 Å². The molecule has 0 saturated heterocycles. The average molecular weight is 416 g/mol. The molecular weight excluding hydrogens is 399 g/mol. The van der Waals surface area contributed by atoms with Crippen molar-refractivity contribution < 1.29 is 4.39 Å². The molecule has 0 bridgehead atoms. The van der Waals surface area contributed by atoms with Gasteiger partial charge in [0, 0.05) is 21.2 Å². The molecule has 0 radical (unpaired) electrons. The molecule has 0 aromatic heterocycles. The van der Waals surface area contributed by atoms with Crippen LogP contribution in [0.25, 0.3) is 0 Å². The van der Waals surface area contributed by atoms with Gasteiger partial charge >= 0.3 is 0 Å². The Kier molecular flexibility index (Phi) is 5.41. The summed E-state index contributed by atoms with van der Waals surface area (Å²) in [5.74, 6) is -0.267. The minimum absolute atomic E-state index is 0.0834. The number of halogens is 3. The van der Waals surface area contributed by atoms with Crippen LogP contribution in [0.5, 0.6) is 0 Å². The third-order valence-electron chi connectivity index (χ3n) is 3.35. The van der Waals surface area contributed by atoms with Gasteiger partial charge in [-0.1, -0.05) is 37.9 Å². The van der Waals surface area contributed by atoms with Gasteiger partial charge < -0.3 is 11.1 Å². The summed E-state index contributed by atoms with van der Waals surface area (Å²) in [6.45, 7) is 4.51. The number of aryl methyl sites for hydroxylation is 2. The third-order valence-corrected chi connectivity index (χ3v) is 5.29. The summed E-state index contributed by atoms with van der Waals surface area (Å²) in [5.41, 5.74) is 10.1. The van der Waals surface area contributed by atoms with Crippen molar-refractivity contribution in [3.63, 3.8) is 0 Å². The number of rotatable bonds is 4. The maximum absolute atomic E-state index is 13.2. The molecule has 0 aliphatic heterocycles. The van der Waals surface area contributed by atoms with Crippen molar-refractivity contribution in [3.05, 3.63) is 61.8 Å². The smallest absolute Gasteiger partial charge is 0.124 e. The van der Waals surface area contributed by atoms with Crippen LogP contribution < -0.4 is 11.1 Å². The van der Waals surface area contributed by atoms with E-state index in [1.165, 1.54) is 12.1 Å². The third kappa shape index (κ3) is 3.84. The number of benzene rings is 2. The van der Waals surface area contributed by atoms with E-state index in [4.69, 9.17) is 5.73 Å². The molecule has 5 heteroatoms. The summed E-state index contributed by atoms with van der Waals surface area (Å²) >= 11 is 6.96. The van der Waals surface area contributed by atoms with E-state index in [9.17, 15) is 4.39 Å². The Morgan fingerprint density at radius 2 is 1.76 bits per heavy atom. The molecule has 2 aromatic rings. The Bertz CT molecular complexity index is 636. The highest BCUT2D eigenvalue weighted by Gasteiger charge is 2.14. The van der Waals surface area contributed by atoms with Crippen LogP contribution >= 0.6 is 31.9 Å². The first kappa shape index (κ1) is 16.5. The highest BCUT2D eigenvalue weighted by Crippen LogP contribution is 2.30. The predicted molar refractivity (Wildman–Crippen MR) is 93.1 cm³/mol. The Hall–Kier alpha value is -0.910. The SMILES string of the molecule is Cc1cc(NC(CN)c2ccc(F)cc2Br)cc(C)c1Br. The number of nitrogens with two attached hydrogens (primary N) is 1. The zero-order valence-electron chi connectivity index (χ0n) is 11.9. The zero-order valence-corrected chi connectivity index (χ0v) is 15.1. The first-order valence-corrected chi connectivity index (χ1v) is 8.19. The van der Waals surface area contributed by atoms with Crippen molar-refractivity contribution >= 4 is 37.5 Å². The van der Waals surface area contributed by atoms with E-state index >= 15 is 0 Å². The summed E-state index contributed by atoms with van der Waals surface area (Å²) in [5, 5.41) is 3.42. The minimum atomic E-state index is -0.267. The van der Waals surface area contributed by atoms with Crippen molar-refractivity contribution in [3.8, 4) is 0 Å². The molecule has 0 spiro atoms. The van der Waals surface area contributed by atoms with E-state index in [0.29, 0.717) is 6.54 Å². The lowest BCUT2D eigenvalue weighted by atomic mass is 10.1. The summed E-state index contributed by atoms with van der Waals surface area (Å²) in [4.78, 5) is 0. The monoisotopic (exact) mass is 414 g/mol. The molecule has 3 N–H and O–H groups in total. The molecule has 0 amide bonds. The van der Waals surface area contributed by atoms with Gasteiger partial charge in [-0.15, -0.1) is 0 Å². The van der Waals surface area contributed by atoms with E-state index < -0.39 is 0 Å². The largest absolute Gasteiger partial charge is 0.377 e. The molecule has 0 aliphatic rings. The van der Waals surface area contributed by atoms with Crippen molar-refractivity contribution in [1.82, 2.24) is 0 Å². The zero-order chi connectivity index (χ0) is 15.6. The number of nitrogens with one attached hydrogen (secondary N) is 1. The maximum Gasteiger partial charge on any atom is 0.124 e. The van der Waals surface area contributed by atoms with Crippen molar-refractivity contribution in [1.29, 1.82) is 0 Å². The van der Waals surface area contributed by atoms with Crippen LogP contribution in [0.2, 0.25) is 0 Å². The number of anilines is 1. The molecule has 21 heavy (non-hydrogen) atoms. The Morgan fingerprint density at radius 3 is 2.29 bits per heavy atom.